The largest absolute Gasteiger partial charge is 0.380 e. The second kappa shape index (κ2) is 5.69. The molecule has 0 aliphatic rings. The van der Waals surface area contributed by atoms with E-state index in [1.807, 2.05) is 0 Å². The molecule has 2 nitrogen and oxygen atoms in total. The van der Waals surface area contributed by atoms with Crippen molar-refractivity contribution in [3.63, 3.8) is 0 Å². The monoisotopic (exact) mass is 145 g/mol. The number of methoxy groups -OCH3 is 1. The SMILES string of the molecule is CCCC(N)C(CC)OC. The highest BCUT2D eigenvalue weighted by Crippen LogP contribution is 2.05. The molecule has 0 saturated carbocycles. The number of rotatable bonds is 5. The predicted octanol–water partition coefficient (Wildman–Crippen LogP) is 1.54. The minimum absolute atomic E-state index is 0.222. The first-order chi connectivity index (χ1) is 4.76. The smallest absolute Gasteiger partial charge is 0.0719 e. The lowest BCUT2D eigenvalue weighted by Gasteiger charge is -2.20. The zero-order valence-corrected chi connectivity index (χ0v) is 7.26. The molecule has 2 heteroatoms. The maximum absolute atomic E-state index is 5.82. The van der Waals surface area contributed by atoms with Crippen molar-refractivity contribution >= 4 is 0 Å². The molecule has 0 heterocycles. The Morgan fingerprint density at radius 3 is 2.30 bits per heavy atom. The van der Waals surface area contributed by atoms with Gasteiger partial charge in [0.2, 0.25) is 0 Å². The number of hydrogen-bond donors (Lipinski definition) is 1. The van der Waals surface area contributed by atoms with Crippen molar-refractivity contribution in [3.05, 3.63) is 0 Å². The lowest BCUT2D eigenvalue weighted by atomic mass is 10.1. The molecule has 2 atom stereocenters. The van der Waals surface area contributed by atoms with Crippen LogP contribution in [-0.2, 0) is 4.74 Å². The second-order valence-corrected chi connectivity index (χ2v) is 2.63. The van der Waals surface area contributed by atoms with Crippen LogP contribution in [0.25, 0.3) is 0 Å². The van der Waals surface area contributed by atoms with Gasteiger partial charge in [-0.1, -0.05) is 20.3 Å². The third-order valence-electron chi connectivity index (χ3n) is 1.80. The van der Waals surface area contributed by atoms with Crippen LogP contribution in [0.4, 0.5) is 0 Å². The van der Waals surface area contributed by atoms with Crippen LogP contribution in [0.15, 0.2) is 0 Å². The van der Waals surface area contributed by atoms with Gasteiger partial charge in [0.15, 0.2) is 0 Å². The van der Waals surface area contributed by atoms with Gasteiger partial charge in [0, 0.05) is 13.2 Å². The summed E-state index contributed by atoms with van der Waals surface area (Å²) in [6.45, 7) is 4.24. The van der Waals surface area contributed by atoms with Crippen LogP contribution in [0.3, 0.4) is 0 Å². The number of hydrogen-bond acceptors (Lipinski definition) is 2. The highest BCUT2D eigenvalue weighted by atomic mass is 16.5. The Balaban J connectivity index is 3.53. The Labute approximate surface area is 63.7 Å². The fourth-order valence-corrected chi connectivity index (χ4v) is 1.16. The molecule has 0 aromatic rings. The maximum atomic E-state index is 5.82. The Kier molecular flexibility index (Phi) is 5.64. The molecule has 0 aliphatic heterocycles. The van der Waals surface area contributed by atoms with Crippen molar-refractivity contribution in [2.45, 2.75) is 45.3 Å². The van der Waals surface area contributed by atoms with E-state index in [0.29, 0.717) is 0 Å². The van der Waals surface area contributed by atoms with Crippen LogP contribution < -0.4 is 5.73 Å². The Morgan fingerprint density at radius 2 is 2.00 bits per heavy atom. The second-order valence-electron chi connectivity index (χ2n) is 2.63. The minimum Gasteiger partial charge on any atom is -0.380 e. The zero-order valence-electron chi connectivity index (χ0n) is 7.26. The van der Waals surface area contributed by atoms with Crippen LogP contribution in [0.5, 0.6) is 0 Å². The summed E-state index contributed by atoms with van der Waals surface area (Å²) >= 11 is 0. The Bertz CT molecular complexity index is 71.7. The summed E-state index contributed by atoms with van der Waals surface area (Å²) in [5.74, 6) is 0. The van der Waals surface area contributed by atoms with Crippen LogP contribution in [-0.4, -0.2) is 19.3 Å². The predicted molar refractivity (Wildman–Crippen MR) is 44.0 cm³/mol. The third kappa shape index (κ3) is 3.18. The normalized spacial score (nSPS) is 16.8. The standard InChI is InChI=1S/C8H19NO/c1-4-6-7(9)8(5-2)10-3/h7-8H,4-6,9H2,1-3H3. The first-order valence-corrected chi connectivity index (χ1v) is 4.04. The van der Waals surface area contributed by atoms with E-state index >= 15 is 0 Å². The summed E-state index contributed by atoms with van der Waals surface area (Å²) in [6, 6.07) is 0.222. The van der Waals surface area contributed by atoms with Crippen LogP contribution in [0, 0.1) is 0 Å². The van der Waals surface area contributed by atoms with E-state index < -0.39 is 0 Å². The summed E-state index contributed by atoms with van der Waals surface area (Å²) in [4.78, 5) is 0. The molecule has 0 aromatic heterocycles. The van der Waals surface area contributed by atoms with Crippen LogP contribution in [0.2, 0.25) is 0 Å². The molecule has 62 valence electrons. The van der Waals surface area contributed by atoms with Gasteiger partial charge in [0.25, 0.3) is 0 Å². The number of nitrogens with two attached hydrogens (primary N) is 1. The molecular weight excluding hydrogens is 126 g/mol. The molecule has 2 N–H and O–H groups in total. The summed E-state index contributed by atoms with van der Waals surface area (Å²) < 4.78 is 5.19. The molecule has 0 aromatic carbocycles. The van der Waals surface area contributed by atoms with Gasteiger partial charge >= 0.3 is 0 Å². The summed E-state index contributed by atoms with van der Waals surface area (Å²) in [5, 5.41) is 0. The van der Waals surface area contributed by atoms with E-state index in [1.54, 1.807) is 7.11 Å². The minimum atomic E-state index is 0.222. The van der Waals surface area contributed by atoms with Gasteiger partial charge in [-0.2, -0.15) is 0 Å². The van der Waals surface area contributed by atoms with E-state index in [4.69, 9.17) is 10.5 Å². The average molecular weight is 145 g/mol. The molecule has 0 bridgehead atoms. The van der Waals surface area contributed by atoms with Gasteiger partial charge < -0.3 is 10.5 Å². The van der Waals surface area contributed by atoms with Gasteiger partial charge in [0.1, 0.15) is 0 Å². The average Bonchev–Trinajstić information content (AvgIpc) is 1.91. The van der Waals surface area contributed by atoms with Gasteiger partial charge in [-0.05, 0) is 12.8 Å². The number of ether oxygens (including phenoxy) is 1. The van der Waals surface area contributed by atoms with Crippen molar-refractivity contribution < 1.29 is 4.74 Å². The fourth-order valence-electron chi connectivity index (χ4n) is 1.16. The third-order valence-corrected chi connectivity index (χ3v) is 1.80. The van der Waals surface area contributed by atoms with Crippen molar-refractivity contribution in [2.24, 2.45) is 5.73 Å². The molecule has 0 saturated heterocycles. The topological polar surface area (TPSA) is 35.2 Å². The van der Waals surface area contributed by atoms with Gasteiger partial charge in [-0.15, -0.1) is 0 Å². The van der Waals surface area contributed by atoms with E-state index in [2.05, 4.69) is 13.8 Å². The molecule has 0 amide bonds. The highest BCUT2D eigenvalue weighted by molar-refractivity contribution is 4.70. The van der Waals surface area contributed by atoms with Crippen molar-refractivity contribution in [3.8, 4) is 0 Å². The first kappa shape index (κ1) is 9.92. The molecule has 0 aliphatic carbocycles. The molecule has 0 fully saturated rings. The van der Waals surface area contributed by atoms with Crippen molar-refractivity contribution in [2.75, 3.05) is 7.11 Å². The van der Waals surface area contributed by atoms with Crippen LogP contribution >= 0.6 is 0 Å². The summed E-state index contributed by atoms with van der Waals surface area (Å²) in [7, 11) is 1.73. The van der Waals surface area contributed by atoms with Crippen LogP contribution in [0.1, 0.15) is 33.1 Å². The van der Waals surface area contributed by atoms with Gasteiger partial charge in [0.05, 0.1) is 6.10 Å². The Morgan fingerprint density at radius 1 is 1.40 bits per heavy atom. The fraction of sp³-hybridized carbons (Fsp3) is 1.00. The summed E-state index contributed by atoms with van der Waals surface area (Å²) in [5.41, 5.74) is 5.82. The van der Waals surface area contributed by atoms with Crippen molar-refractivity contribution in [1.29, 1.82) is 0 Å². The Hall–Kier alpha value is -0.0800. The van der Waals surface area contributed by atoms with E-state index in [-0.39, 0.29) is 12.1 Å². The van der Waals surface area contributed by atoms with Crippen molar-refractivity contribution in [1.82, 2.24) is 0 Å². The van der Waals surface area contributed by atoms with Gasteiger partial charge in [-0.25, -0.2) is 0 Å². The molecule has 0 radical (unpaired) electrons. The highest BCUT2D eigenvalue weighted by Gasteiger charge is 2.12. The lowest BCUT2D eigenvalue weighted by Crippen LogP contribution is -2.35. The van der Waals surface area contributed by atoms with E-state index in [0.717, 1.165) is 19.3 Å². The maximum Gasteiger partial charge on any atom is 0.0719 e. The summed E-state index contributed by atoms with van der Waals surface area (Å²) in [6.07, 6.45) is 3.46. The lowest BCUT2D eigenvalue weighted by molar-refractivity contribution is 0.0746. The molecule has 2 unspecified atom stereocenters. The molecular formula is C8H19NO. The quantitative estimate of drug-likeness (QED) is 0.637. The first-order valence-electron chi connectivity index (χ1n) is 4.04. The molecule has 0 spiro atoms. The van der Waals surface area contributed by atoms with Gasteiger partial charge in [-0.3, -0.25) is 0 Å². The van der Waals surface area contributed by atoms with E-state index in [9.17, 15) is 0 Å². The van der Waals surface area contributed by atoms with E-state index in [1.165, 1.54) is 0 Å². The molecule has 0 rings (SSSR count). The molecule has 10 heavy (non-hydrogen) atoms. The zero-order chi connectivity index (χ0) is 7.98.